The van der Waals surface area contributed by atoms with E-state index in [2.05, 4.69) is 58.7 Å². The van der Waals surface area contributed by atoms with E-state index in [9.17, 15) is 15.3 Å². The molecule has 3 atom stereocenters. The standard InChI is InChI=1S/C9H13.3C5H9O.Ti/c1-9(2,3)8-6-4-5-7-8;3*1-3-4-5(2)6;/h4,6H,5H2,1-3H3;3*3,5H,1,4H2,2H3;/q4*-1;+4. The molecule has 0 bridgehead atoms. The van der Waals surface area contributed by atoms with Gasteiger partial charge in [0.2, 0.25) is 0 Å². The summed E-state index contributed by atoms with van der Waals surface area (Å²) in [5.41, 5.74) is 1.65. The molecule has 0 heterocycles. The van der Waals surface area contributed by atoms with Crippen molar-refractivity contribution in [2.45, 2.75) is 85.5 Å². The quantitative estimate of drug-likeness (QED) is 0.371. The van der Waals surface area contributed by atoms with Gasteiger partial charge in [-0.1, -0.05) is 59.8 Å². The molecule has 0 N–H and O–H groups in total. The molecule has 0 spiro atoms. The molecule has 0 aromatic heterocycles. The van der Waals surface area contributed by atoms with E-state index in [0.717, 1.165) is 6.42 Å². The van der Waals surface area contributed by atoms with Crippen molar-refractivity contribution in [1.29, 1.82) is 0 Å². The zero-order valence-corrected chi connectivity index (χ0v) is 20.4. The van der Waals surface area contributed by atoms with E-state index in [1.165, 1.54) is 5.57 Å². The van der Waals surface area contributed by atoms with Crippen LogP contribution in [0.2, 0.25) is 0 Å². The summed E-state index contributed by atoms with van der Waals surface area (Å²) in [6, 6.07) is 0. The fraction of sp³-hybridized carbons (Fsp3) is 0.583. The van der Waals surface area contributed by atoms with Crippen molar-refractivity contribution in [2.75, 3.05) is 0 Å². The first-order chi connectivity index (χ1) is 12.4. The Bertz CT molecular complexity index is 394. The van der Waals surface area contributed by atoms with Crippen LogP contribution in [-0.4, -0.2) is 18.3 Å². The number of hydrogen-bond acceptors (Lipinski definition) is 3. The third-order valence-corrected chi connectivity index (χ3v) is 3.00. The summed E-state index contributed by atoms with van der Waals surface area (Å²) in [5.74, 6) is 0. The van der Waals surface area contributed by atoms with Crippen LogP contribution in [0.3, 0.4) is 0 Å². The van der Waals surface area contributed by atoms with Crippen molar-refractivity contribution < 1.29 is 37.0 Å². The first-order valence-corrected chi connectivity index (χ1v) is 9.50. The summed E-state index contributed by atoms with van der Waals surface area (Å²) in [7, 11) is 0. The van der Waals surface area contributed by atoms with Crippen LogP contribution in [0.5, 0.6) is 0 Å². The van der Waals surface area contributed by atoms with E-state index in [0.29, 0.717) is 24.7 Å². The molecule has 28 heavy (non-hydrogen) atoms. The van der Waals surface area contributed by atoms with E-state index in [1.807, 2.05) is 0 Å². The molecule has 1 aliphatic rings. The van der Waals surface area contributed by atoms with E-state index in [-0.39, 0.29) is 21.7 Å². The molecule has 0 saturated carbocycles. The van der Waals surface area contributed by atoms with E-state index < -0.39 is 18.3 Å². The Hall–Kier alpha value is -0.706. The number of hydrogen-bond donors (Lipinski definition) is 0. The minimum atomic E-state index is -0.470. The predicted molar refractivity (Wildman–Crippen MR) is 113 cm³/mol. The van der Waals surface area contributed by atoms with Crippen LogP contribution in [0.1, 0.15) is 67.2 Å². The van der Waals surface area contributed by atoms with E-state index in [4.69, 9.17) is 0 Å². The van der Waals surface area contributed by atoms with Gasteiger partial charge in [0.15, 0.2) is 0 Å². The van der Waals surface area contributed by atoms with Crippen LogP contribution in [-0.2, 0) is 21.7 Å². The maximum absolute atomic E-state index is 10.1. The van der Waals surface area contributed by atoms with Crippen molar-refractivity contribution in [3.63, 3.8) is 0 Å². The van der Waals surface area contributed by atoms with Crippen LogP contribution < -0.4 is 15.3 Å². The largest absolute Gasteiger partial charge is 4.00 e. The zero-order valence-electron chi connectivity index (χ0n) is 18.8. The van der Waals surface area contributed by atoms with Gasteiger partial charge in [0.1, 0.15) is 0 Å². The molecular weight excluding hydrogens is 384 g/mol. The van der Waals surface area contributed by atoms with Gasteiger partial charge in [-0.3, -0.25) is 6.08 Å². The molecule has 0 amide bonds. The molecular formula is C24H40O3Ti. The molecule has 3 nitrogen and oxygen atoms in total. The zero-order chi connectivity index (χ0) is 21.9. The molecule has 0 radical (unpaired) electrons. The predicted octanol–water partition coefficient (Wildman–Crippen LogP) is 3.65. The minimum Gasteiger partial charge on any atom is -0.852 e. The minimum absolute atomic E-state index is 0. The van der Waals surface area contributed by atoms with Crippen molar-refractivity contribution in [3.8, 4) is 0 Å². The second kappa shape index (κ2) is 22.6. The summed E-state index contributed by atoms with van der Waals surface area (Å²) in [6.07, 6.45) is 13.9. The maximum atomic E-state index is 10.1. The Morgan fingerprint density at radius 1 is 0.893 bits per heavy atom. The van der Waals surface area contributed by atoms with Gasteiger partial charge in [-0.25, -0.2) is 11.6 Å². The van der Waals surface area contributed by atoms with E-state index >= 15 is 0 Å². The SMILES string of the molecule is C=CCC(C)[O-].C=CCC(C)[O-].C=CCC(C)[O-].CC(C)(C)C1=[C-]CC=C1.[Ti+4]. The first-order valence-electron chi connectivity index (χ1n) is 9.50. The fourth-order valence-electron chi connectivity index (χ4n) is 1.62. The summed E-state index contributed by atoms with van der Waals surface area (Å²) < 4.78 is 0. The summed E-state index contributed by atoms with van der Waals surface area (Å²) in [5, 5.41) is 30.2. The second-order valence-electron chi connectivity index (χ2n) is 7.45. The molecule has 4 heteroatoms. The summed E-state index contributed by atoms with van der Waals surface area (Å²) in [6.45, 7) is 21.7. The monoisotopic (exact) mass is 424 g/mol. The van der Waals surface area contributed by atoms with Crippen LogP contribution in [0.25, 0.3) is 0 Å². The molecule has 1 rings (SSSR count). The smallest absolute Gasteiger partial charge is 0.852 e. The van der Waals surface area contributed by atoms with Gasteiger partial charge >= 0.3 is 21.7 Å². The third-order valence-electron chi connectivity index (χ3n) is 3.00. The molecule has 0 saturated heterocycles. The van der Waals surface area contributed by atoms with Gasteiger partial charge in [-0.2, -0.15) is 6.08 Å². The van der Waals surface area contributed by atoms with Gasteiger partial charge in [-0.05, 0) is 24.7 Å². The summed E-state index contributed by atoms with van der Waals surface area (Å²) in [4.78, 5) is 0. The molecule has 3 unspecified atom stereocenters. The first kappa shape index (κ1) is 34.8. The van der Waals surface area contributed by atoms with Gasteiger partial charge < -0.3 is 15.3 Å². The molecule has 1 aliphatic carbocycles. The van der Waals surface area contributed by atoms with Crippen molar-refractivity contribution in [1.82, 2.24) is 0 Å². The Balaban J connectivity index is -0.000000139. The third kappa shape index (κ3) is 32.9. The molecule has 0 aromatic rings. The average molecular weight is 424 g/mol. The second-order valence-corrected chi connectivity index (χ2v) is 7.45. The Labute approximate surface area is 189 Å². The van der Waals surface area contributed by atoms with Gasteiger partial charge in [0.25, 0.3) is 0 Å². The van der Waals surface area contributed by atoms with Crippen LogP contribution >= 0.6 is 0 Å². The van der Waals surface area contributed by atoms with Crippen LogP contribution in [0.15, 0.2) is 55.7 Å². The number of rotatable bonds is 6. The number of allylic oxidation sites excluding steroid dienone is 4. The van der Waals surface area contributed by atoms with Crippen molar-refractivity contribution in [3.05, 3.63) is 61.8 Å². The van der Waals surface area contributed by atoms with E-state index in [1.54, 1.807) is 39.0 Å². The fourth-order valence-corrected chi connectivity index (χ4v) is 1.62. The van der Waals surface area contributed by atoms with Crippen LogP contribution in [0, 0.1) is 11.5 Å². The van der Waals surface area contributed by atoms with Gasteiger partial charge in [-0.15, -0.1) is 44.5 Å². The van der Waals surface area contributed by atoms with Crippen molar-refractivity contribution >= 4 is 0 Å². The summed E-state index contributed by atoms with van der Waals surface area (Å²) >= 11 is 0. The maximum Gasteiger partial charge on any atom is 4.00 e. The Kier molecular flexibility index (Phi) is 28.0. The average Bonchev–Trinajstić information content (AvgIpc) is 3.03. The normalized spacial score (nSPS) is 14.7. The molecule has 158 valence electrons. The van der Waals surface area contributed by atoms with Gasteiger partial charge in [0, 0.05) is 0 Å². The molecule has 0 aliphatic heterocycles. The Morgan fingerprint density at radius 2 is 1.21 bits per heavy atom. The topological polar surface area (TPSA) is 69.2 Å². The van der Waals surface area contributed by atoms with Crippen LogP contribution in [0.4, 0.5) is 0 Å². The molecule has 0 fully saturated rings. The molecule has 0 aromatic carbocycles. The van der Waals surface area contributed by atoms with Crippen molar-refractivity contribution in [2.24, 2.45) is 5.41 Å². The Morgan fingerprint density at radius 3 is 1.29 bits per heavy atom. The van der Waals surface area contributed by atoms with Gasteiger partial charge in [0.05, 0.1) is 0 Å².